The Morgan fingerprint density at radius 2 is 2.33 bits per heavy atom. The Kier molecular flexibility index (Phi) is 4.55. The third-order valence-corrected chi connectivity index (χ3v) is 2.72. The highest BCUT2D eigenvalue weighted by Crippen LogP contribution is 2.13. The summed E-state index contributed by atoms with van der Waals surface area (Å²) < 4.78 is 0. The fourth-order valence-corrected chi connectivity index (χ4v) is 1.71. The molecule has 0 unspecified atom stereocenters. The van der Waals surface area contributed by atoms with E-state index in [1.807, 2.05) is 12.3 Å². The van der Waals surface area contributed by atoms with Gasteiger partial charge < -0.3 is 5.32 Å². The van der Waals surface area contributed by atoms with Crippen LogP contribution in [0.3, 0.4) is 0 Å². The van der Waals surface area contributed by atoms with E-state index in [0.717, 1.165) is 12.1 Å². The minimum Gasteiger partial charge on any atom is -0.338 e. The molecule has 2 N–H and O–H groups in total. The number of thiazole rings is 1. The summed E-state index contributed by atoms with van der Waals surface area (Å²) in [6.07, 6.45) is 0.990. The maximum absolute atomic E-state index is 11.3. The van der Waals surface area contributed by atoms with Gasteiger partial charge in [-0.3, -0.25) is 5.32 Å². The molecule has 0 saturated heterocycles. The normalized spacial score (nSPS) is 10.4. The summed E-state index contributed by atoms with van der Waals surface area (Å²) in [5.41, 5.74) is 0.928. The molecule has 0 saturated carbocycles. The zero-order valence-corrected chi connectivity index (χ0v) is 10.1. The maximum Gasteiger partial charge on any atom is 0.321 e. The molecule has 1 aromatic heterocycles. The van der Waals surface area contributed by atoms with Gasteiger partial charge in [0, 0.05) is 11.9 Å². The van der Waals surface area contributed by atoms with Crippen molar-refractivity contribution in [1.82, 2.24) is 10.3 Å². The van der Waals surface area contributed by atoms with Gasteiger partial charge in [-0.05, 0) is 19.3 Å². The average Bonchev–Trinajstić information content (AvgIpc) is 2.50. The van der Waals surface area contributed by atoms with E-state index in [4.69, 9.17) is 0 Å². The van der Waals surface area contributed by atoms with Crippen LogP contribution in [-0.4, -0.2) is 17.6 Å². The zero-order chi connectivity index (χ0) is 11.3. The van der Waals surface area contributed by atoms with E-state index >= 15 is 0 Å². The van der Waals surface area contributed by atoms with Gasteiger partial charge in [-0.25, -0.2) is 9.78 Å². The van der Waals surface area contributed by atoms with Crippen LogP contribution in [0.25, 0.3) is 0 Å². The smallest absolute Gasteiger partial charge is 0.321 e. The van der Waals surface area contributed by atoms with E-state index < -0.39 is 0 Å². The number of carbonyl (C=O) groups is 1. The fourth-order valence-electron chi connectivity index (χ4n) is 1.03. The molecule has 0 radical (unpaired) electrons. The van der Waals surface area contributed by atoms with Gasteiger partial charge in [-0.15, -0.1) is 11.3 Å². The highest BCUT2D eigenvalue weighted by molar-refractivity contribution is 7.13. The average molecular weight is 227 g/mol. The van der Waals surface area contributed by atoms with Crippen LogP contribution in [-0.2, 0) is 0 Å². The fraction of sp³-hybridized carbons (Fsp3) is 0.600. The second-order valence-electron chi connectivity index (χ2n) is 3.86. The first kappa shape index (κ1) is 12.0. The van der Waals surface area contributed by atoms with Crippen LogP contribution < -0.4 is 10.6 Å². The van der Waals surface area contributed by atoms with E-state index in [-0.39, 0.29) is 6.03 Å². The Labute approximate surface area is 94.1 Å². The summed E-state index contributed by atoms with van der Waals surface area (Å²) in [6.45, 7) is 6.86. The molecule has 1 rings (SSSR count). The second-order valence-corrected chi connectivity index (χ2v) is 4.72. The predicted octanol–water partition coefficient (Wildman–Crippen LogP) is 2.62. The predicted molar refractivity (Wildman–Crippen MR) is 63.3 cm³/mol. The summed E-state index contributed by atoms with van der Waals surface area (Å²) in [6, 6.07) is -0.176. The van der Waals surface area contributed by atoms with E-state index in [2.05, 4.69) is 29.5 Å². The number of rotatable bonds is 4. The number of nitrogens with one attached hydrogen (secondary N) is 2. The minimum absolute atomic E-state index is 0.176. The minimum atomic E-state index is -0.176. The van der Waals surface area contributed by atoms with Crippen molar-refractivity contribution in [2.75, 3.05) is 11.9 Å². The largest absolute Gasteiger partial charge is 0.338 e. The molecule has 5 heteroatoms. The van der Waals surface area contributed by atoms with Gasteiger partial charge in [-0.2, -0.15) is 0 Å². The lowest BCUT2D eigenvalue weighted by molar-refractivity contribution is 0.251. The maximum atomic E-state index is 11.3. The Hall–Kier alpha value is -1.10. The van der Waals surface area contributed by atoms with Crippen LogP contribution in [0.4, 0.5) is 9.93 Å². The second kappa shape index (κ2) is 5.70. The van der Waals surface area contributed by atoms with Crippen molar-refractivity contribution in [3.8, 4) is 0 Å². The molecule has 84 valence electrons. The molecular weight excluding hydrogens is 210 g/mol. The summed E-state index contributed by atoms with van der Waals surface area (Å²) in [5, 5.41) is 8.04. The molecule has 1 aromatic rings. The standard InChI is InChI=1S/C10H17N3OS/c1-7(2)4-5-11-9(14)13-10-12-8(3)6-15-10/h6-7H,4-5H2,1-3H3,(H2,11,12,13,14). The molecule has 0 aliphatic heterocycles. The number of amides is 2. The van der Waals surface area contributed by atoms with Crippen LogP contribution in [0.1, 0.15) is 26.0 Å². The van der Waals surface area contributed by atoms with Gasteiger partial charge in [0.1, 0.15) is 0 Å². The zero-order valence-electron chi connectivity index (χ0n) is 9.33. The lowest BCUT2D eigenvalue weighted by atomic mass is 10.1. The SMILES string of the molecule is Cc1csc(NC(=O)NCCC(C)C)n1. The molecule has 0 aliphatic rings. The van der Waals surface area contributed by atoms with Gasteiger partial charge in [0.25, 0.3) is 0 Å². The van der Waals surface area contributed by atoms with Crippen LogP contribution in [0.15, 0.2) is 5.38 Å². The van der Waals surface area contributed by atoms with Gasteiger partial charge in [-0.1, -0.05) is 13.8 Å². The number of hydrogen-bond acceptors (Lipinski definition) is 3. The van der Waals surface area contributed by atoms with Gasteiger partial charge in [0.15, 0.2) is 5.13 Å². The summed E-state index contributed by atoms with van der Waals surface area (Å²) in [5.74, 6) is 0.604. The Bertz CT molecular complexity index is 322. The number of aryl methyl sites for hydroxylation is 1. The third kappa shape index (κ3) is 4.78. The molecule has 0 fully saturated rings. The first-order valence-corrected chi connectivity index (χ1v) is 5.93. The van der Waals surface area contributed by atoms with Crippen molar-refractivity contribution in [2.45, 2.75) is 27.2 Å². The molecule has 0 aliphatic carbocycles. The molecule has 15 heavy (non-hydrogen) atoms. The molecule has 0 aromatic carbocycles. The molecule has 0 atom stereocenters. The molecular formula is C10H17N3OS. The number of carbonyl (C=O) groups excluding carboxylic acids is 1. The first-order chi connectivity index (χ1) is 7.08. The van der Waals surface area contributed by atoms with Crippen LogP contribution in [0, 0.1) is 12.8 Å². The molecule has 1 heterocycles. The summed E-state index contributed by atoms with van der Waals surface area (Å²) in [7, 11) is 0. The van der Waals surface area contributed by atoms with Crippen molar-refractivity contribution >= 4 is 22.5 Å². The topological polar surface area (TPSA) is 54.0 Å². The van der Waals surface area contributed by atoms with Crippen LogP contribution in [0.2, 0.25) is 0 Å². The summed E-state index contributed by atoms with van der Waals surface area (Å²) >= 11 is 1.43. The molecule has 0 spiro atoms. The van der Waals surface area contributed by atoms with Crippen molar-refractivity contribution in [1.29, 1.82) is 0 Å². The van der Waals surface area contributed by atoms with Crippen LogP contribution in [0.5, 0.6) is 0 Å². The Morgan fingerprint density at radius 1 is 1.60 bits per heavy atom. The number of anilines is 1. The highest BCUT2D eigenvalue weighted by Gasteiger charge is 2.04. The van der Waals surface area contributed by atoms with E-state index in [9.17, 15) is 4.79 Å². The van der Waals surface area contributed by atoms with Gasteiger partial charge in [0.05, 0.1) is 5.69 Å². The highest BCUT2D eigenvalue weighted by atomic mass is 32.1. The lowest BCUT2D eigenvalue weighted by Gasteiger charge is -2.06. The first-order valence-electron chi connectivity index (χ1n) is 5.05. The van der Waals surface area contributed by atoms with E-state index in [1.54, 1.807) is 0 Å². The molecule has 2 amide bonds. The van der Waals surface area contributed by atoms with Crippen molar-refractivity contribution in [3.05, 3.63) is 11.1 Å². The van der Waals surface area contributed by atoms with Gasteiger partial charge >= 0.3 is 6.03 Å². The summed E-state index contributed by atoms with van der Waals surface area (Å²) in [4.78, 5) is 15.5. The Balaban J connectivity index is 2.24. The van der Waals surface area contributed by atoms with Crippen molar-refractivity contribution in [3.63, 3.8) is 0 Å². The van der Waals surface area contributed by atoms with E-state index in [1.165, 1.54) is 11.3 Å². The molecule has 4 nitrogen and oxygen atoms in total. The lowest BCUT2D eigenvalue weighted by Crippen LogP contribution is -2.30. The third-order valence-electron chi connectivity index (χ3n) is 1.85. The monoisotopic (exact) mass is 227 g/mol. The van der Waals surface area contributed by atoms with Crippen molar-refractivity contribution < 1.29 is 4.79 Å². The number of urea groups is 1. The quantitative estimate of drug-likeness (QED) is 0.830. The molecule has 0 bridgehead atoms. The number of nitrogens with zero attached hydrogens (tertiary/aromatic N) is 1. The Morgan fingerprint density at radius 3 is 2.87 bits per heavy atom. The van der Waals surface area contributed by atoms with Crippen LogP contribution >= 0.6 is 11.3 Å². The van der Waals surface area contributed by atoms with Gasteiger partial charge in [0.2, 0.25) is 0 Å². The number of aromatic nitrogens is 1. The van der Waals surface area contributed by atoms with Crippen molar-refractivity contribution in [2.24, 2.45) is 5.92 Å². The number of hydrogen-bond donors (Lipinski definition) is 2. The van der Waals surface area contributed by atoms with E-state index in [0.29, 0.717) is 17.6 Å².